The molecule has 9 heteroatoms. The number of anilines is 2. The van der Waals surface area contributed by atoms with Crippen molar-refractivity contribution in [3.63, 3.8) is 0 Å². The summed E-state index contributed by atoms with van der Waals surface area (Å²) in [5, 5.41) is 9.25. The van der Waals surface area contributed by atoms with Gasteiger partial charge in [-0.3, -0.25) is 0 Å². The Bertz CT molecular complexity index is 1110. The quantitative estimate of drug-likeness (QED) is 0.408. The van der Waals surface area contributed by atoms with E-state index < -0.39 is 12.1 Å². The predicted octanol–water partition coefficient (Wildman–Crippen LogP) is 5.71. The number of hydrogen-bond acceptors (Lipinski definition) is 5. The number of hydrazine groups is 1. The number of aryl methyl sites for hydroxylation is 1. The van der Waals surface area contributed by atoms with Crippen molar-refractivity contribution < 1.29 is 14.3 Å². The molecule has 2 aromatic carbocycles. The van der Waals surface area contributed by atoms with Crippen LogP contribution in [0.4, 0.5) is 20.4 Å². The smallest absolute Gasteiger partial charge is 0.343 e. The van der Waals surface area contributed by atoms with E-state index in [9.17, 15) is 9.59 Å². The molecule has 0 spiro atoms. The number of rotatable bonds is 5. The third kappa shape index (κ3) is 6.05. The second kappa shape index (κ2) is 11.0. The molecule has 0 unspecified atom stereocenters. The van der Waals surface area contributed by atoms with E-state index in [0.29, 0.717) is 16.5 Å². The van der Waals surface area contributed by atoms with Gasteiger partial charge in [0.05, 0.1) is 12.8 Å². The summed E-state index contributed by atoms with van der Waals surface area (Å²) in [6.45, 7) is 1.98. The van der Waals surface area contributed by atoms with Crippen LogP contribution in [0.2, 0.25) is 0 Å². The Morgan fingerprint density at radius 1 is 1.03 bits per heavy atom. The zero-order valence-electron chi connectivity index (χ0n) is 19.3. The number of benzene rings is 2. The zero-order valence-corrected chi connectivity index (χ0v) is 20.2. The van der Waals surface area contributed by atoms with E-state index in [0.717, 1.165) is 42.6 Å². The summed E-state index contributed by atoms with van der Waals surface area (Å²) in [6, 6.07) is 14.1. The van der Waals surface area contributed by atoms with Gasteiger partial charge in [0.25, 0.3) is 0 Å². The fourth-order valence-corrected chi connectivity index (χ4v) is 4.62. The molecule has 0 saturated heterocycles. The summed E-state index contributed by atoms with van der Waals surface area (Å²) in [7, 11) is 1.62. The number of ether oxygens (including phenoxy) is 1. The molecule has 1 aliphatic carbocycles. The molecule has 3 N–H and O–H groups in total. The molecule has 0 radical (unpaired) electrons. The van der Waals surface area contributed by atoms with Gasteiger partial charge < -0.3 is 15.4 Å². The maximum absolute atomic E-state index is 13.2. The minimum Gasteiger partial charge on any atom is -0.497 e. The molecular weight excluding hydrogens is 450 g/mol. The van der Waals surface area contributed by atoms with Crippen LogP contribution in [-0.4, -0.2) is 30.2 Å². The van der Waals surface area contributed by atoms with Crippen LogP contribution in [0.15, 0.2) is 53.9 Å². The van der Waals surface area contributed by atoms with E-state index in [1.165, 1.54) is 22.8 Å². The Morgan fingerprint density at radius 2 is 1.74 bits per heavy atom. The maximum atomic E-state index is 13.2. The monoisotopic (exact) mass is 479 g/mol. The molecule has 34 heavy (non-hydrogen) atoms. The number of urea groups is 2. The molecule has 1 fully saturated rings. The van der Waals surface area contributed by atoms with Gasteiger partial charge >= 0.3 is 12.1 Å². The fourth-order valence-electron chi connectivity index (χ4n) is 3.83. The molecular formula is C25H29N5O3S. The lowest BCUT2D eigenvalue weighted by molar-refractivity contribution is 0.231. The van der Waals surface area contributed by atoms with Crippen LogP contribution in [0.25, 0.3) is 11.3 Å². The summed E-state index contributed by atoms with van der Waals surface area (Å²) in [6.07, 6.45) is 5.23. The summed E-state index contributed by atoms with van der Waals surface area (Å²) >= 11 is 1.28. The maximum Gasteiger partial charge on any atom is 0.343 e. The number of nitrogens with zero attached hydrogens (tertiary/aromatic N) is 2. The fraction of sp³-hybridized carbons (Fsp3) is 0.320. The van der Waals surface area contributed by atoms with Gasteiger partial charge in [0.2, 0.25) is 5.13 Å². The summed E-state index contributed by atoms with van der Waals surface area (Å²) in [5.41, 5.74) is 5.99. The third-order valence-corrected chi connectivity index (χ3v) is 6.55. The lowest BCUT2D eigenvalue weighted by Crippen LogP contribution is -2.54. The first-order valence-electron chi connectivity index (χ1n) is 11.4. The summed E-state index contributed by atoms with van der Waals surface area (Å²) < 4.78 is 5.22. The van der Waals surface area contributed by atoms with Crippen molar-refractivity contribution >= 4 is 34.2 Å². The van der Waals surface area contributed by atoms with Gasteiger partial charge in [0, 0.05) is 22.7 Å². The highest BCUT2D eigenvalue weighted by Crippen LogP contribution is 2.28. The Kier molecular flexibility index (Phi) is 7.64. The first-order valence-corrected chi connectivity index (χ1v) is 12.2. The van der Waals surface area contributed by atoms with Gasteiger partial charge in [-0.05, 0) is 56.2 Å². The Morgan fingerprint density at radius 3 is 2.41 bits per heavy atom. The predicted molar refractivity (Wildman–Crippen MR) is 135 cm³/mol. The minimum atomic E-state index is -0.524. The highest BCUT2D eigenvalue weighted by molar-refractivity contribution is 7.14. The van der Waals surface area contributed by atoms with E-state index in [1.54, 1.807) is 7.11 Å². The number of nitrogens with one attached hydrogen (secondary N) is 3. The Labute approximate surface area is 203 Å². The van der Waals surface area contributed by atoms with Crippen LogP contribution < -0.4 is 25.8 Å². The minimum absolute atomic E-state index is 0.0896. The van der Waals surface area contributed by atoms with Gasteiger partial charge in [-0.1, -0.05) is 37.0 Å². The van der Waals surface area contributed by atoms with Gasteiger partial charge in [0.15, 0.2) is 0 Å². The van der Waals surface area contributed by atoms with Crippen molar-refractivity contribution in [3.8, 4) is 17.0 Å². The van der Waals surface area contributed by atoms with E-state index >= 15 is 0 Å². The normalized spacial score (nSPS) is 13.7. The number of carbonyl (C=O) groups excluding carboxylic acids is 2. The lowest BCUT2D eigenvalue weighted by Gasteiger charge is -2.27. The molecule has 4 amide bonds. The van der Waals surface area contributed by atoms with E-state index in [1.807, 2.05) is 60.8 Å². The lowest BCUT2D eigenvalue weighted by atomic mass is 9.96. The molecule has 1 saturated carbocycles. The number of amides is 4. The number of hydrogen-bond donors (Lipinski definition) is 3. The third-order valence-electron chi connectivity index (χ3n) is 5.73. The van der Waals surface area contributed by atoms with Gasteiger partial charge in [-0.2, -0.15) is 5.01 Å². The number of carbonyl (C=O) groups is 2. The average molecular weight is 480 g/mol. The van der Waals surface area contributed by atoms with E-state index in [-0.39, 0.29) is 6.04 Å². The number of methoxy groups -OCH3 is 1. The van der Waals surface area contributed by atoms with Crippen LogP contribution in [0.5, 0.6) is 5.75 Å². The molecule has 8 nitrogen and oxygen atoms in total. The Balaban J connectivity index is 1.52. The van der Waals surface area contributed by atoms with E-state index in [4.69, 9.17) is 4.74 Å². The second-order valence-corrected chi connectivity index (χ2v) is 9.13. The molecule has 1 aromatic heterocycles. The molecule has 0 bridgehead atoms. The number of thiazole rings is 1. The van der Waals surface area contributed by atoms with Crippen LogP contribution in [0, 0.1) is 6.92 Å². The topological polar surface area (TPSA) is 95.6 Å². The first-order chi connectivity index (χ1) is 16.5. The molecule has 178 valence electrons. The van der Waals surface area contributed by atoms with Crippen molar-refractivity contribution in [1.29, 1.82) is 0 Å². The van der Waals surface area contributed by atoms with Gasteiger partial charge in [-0.15, -0.1) is 11.3 Å². The first kappa shape index (κ1) is 23.6. The van der Waals surface area contributed by atoms with Crippen LogP contribution >= 0.6 is 11.3 Å². The Hall–Kier alpha value is -3.59. The molecule has 1 aliphatic rings. The van der Waals surface area contributed by atoms with Gasteiger partial charge in [-0.25, -0.2) is 20.0 Å². The largest absolute Gasteiger partial charge is 0.497 e. The zero-order chi connectivity index (χ0) is 23.9. The van der Waals surface area contributed by atoms with Crippen molar-refractivity contribution in [1.82, 2.24) is 15.7 Å². The highest BCUT2D eigenvalue weighted by atomic mass is 32.1. The SMILES string of the molecule is COc1ccc(-c2csc(N(NC(=O)Nc3ccc(C)cc3)C(=O)NC3CCCCC3)n2)cc1. The van der Waals surface area contributed by atoms with E-state index in [2.05, 4.69) is 21.0 Å². The van der Waals surface area contributed by atoms with Crippen molar-refractivity contribution in [3.05, 3.63) is 59.5 Å². The van der Waals surface area contributed by atoms with Gasteiger partial charge in [0.1, 0.15) is 5.75 Å². The molecule has 0 atom stereocenters. The standard InChI is InChI=1S/C25H29N5O3S/c1-17-8-12-20(13-9-17)26-23(31)29-30(24(32)27-19-6-4-3-5-7-19)25-28-22(16-34-25)18-10-14-21(33-2)15-11-18/h8-16,19H,3-7H2,1-2H3,(H,27,32)(H2,26,29,31). The van der Waals surface area contributed by atoms with Crippen molar-refractivity contribution in [2.75, 3.05) is 17.4 Å². The van der Waals surface area contributed by atoms with Crippen molar-refractivity contribution in [2.45, 2.75) is 45.1 Å². The molecule has 4 rings (SSSR count). The molecule has 1 heterocycles. The van der Waals surface area contributed by atoms with Crippen molar-refractivity contribution in [2.24, 2.45) is 0 Å². The van der Waals surface area contributed by atoms with Crippen LogP contribution in [-0.2, 0) is 0 Å². The van der Waals surface area contributed by atoms with Crippen LogP contribution in [0.1, 0.15) is 37.7 Å². The van der Waals surface area contributed by atoms with Crippen LogP contribution in [0.3, 0.4) is 0 Å². The summed E-state index contributed by atoms with van der Waals surface area (Å²) in [5.74, 6) is 0.752. The second-order valence-electron chi connectivity index (χ2n) is 8.30. The summed E-state index contributed by atoms with van der Waals surface area (Å²) in [4.78, 5) is 30.6. The molecule has 0 aliphatic heterocycles. The number of aromatic nitrogens is 1. The molecule has 3 aromatic rings. The highest BCUT2D eigenvalue weighted by Gasteiger charge is 2.25. The average Bonchev–Trinajstić information content (AvgIpc) is 3.34.